The van der Waals surface area contributed by atoms with Crippen molar-refractivity contribution in [3.8, 4) is 0 Å². The summed E-state index contributed by atoms with van der Waals surface area (Å²) < 4.78 is 0. The first-order valence-electron chi connectivity index (χ1n) is 8.78. The zero-order valence-corrected chi connectivity index (χ0v) is 14.0. The second-order valence-corrected chi connectivity index (χ2v) is 6.68. The average Bonchev–Trinajstić information content (AvgIpc) is 3.13. The number of nitrogens with two attached hydrogens (primary N) is 1. The predicted octanol–water partition coefficient (Wildman–Crippen LogP) is 2.15. The molecule has 0 bridgehead atoms. The monoisotopic (exact) mass is 326 g/mol. The number of rotatable bonds is 6. The SMILES string of the molecule is N[C@@H](Cc1cnc[nH]1)C(=O)N1CCC(CCc2ccccc2)CC1. The molecule has 24 heavy (non-hydrogen) atoms. The number of amides is 1. The summed E-state index contributed by atoms with van der Waals surface area (Å²) in [5, 5.41) is 0. The molecule has 1 aromatic heterocycles. The predicted molar refractivity (Wildman–Crippen MR) is 94.3 cm³/mol. The first-order valence-corrected chi connectivity index (χ1v) is 8.78. The van der Waals surface area contributed by atoms with Gasteiger partial charge in [0.2, 0.25) is 5.91 Å². The normalized spacial score (nSPS) is 17.0. The van der Waals surface area contributed by atoms with Gasteiger partial charge in [0.15, 0.2) is 0 Å². The van der Waals surface area contributed by atoms with E-state index in [2.05, 4.69) is 40.3 Å². The highest BCUT2D eigenvalue weighted by Crippen LogP contribution is 2.23. The Morgan fingerprint density at radius 2 is 2.04 bits per heavy atom. The quantitative estimate of drug-likeness (QED) is 0.854. The molecular formula is C19H26N4O. The fraction of sp³-hybridized carbons (Fsp3) is 0.474. The molecule has 5 nitrogen and oxygen atoms in total. The van der Waals surface area contributed by atoms with Crippen LogP contribution >= 0.6 is 0 Å². The van der Waals surface area contributed by atoms with E-state index < -0.39 is 6.04 Å². The lowest BCUT2D eigenvalue weighted by molar-refractivity contribution is -0.134. The van der Waals surface area contributed by atoms with Gasteiger partial charge < -0.3 is 15.6 Å². The number of nitrogens with zero attached hydrogens (tertiary/aromatic N) is 2. The summed E-state index contributed by atoms with van der Waals surface area (Å²) in [6.45, 7) is 1.66. The fourth-order valence-electron chi connectivity index (χ4n) is 3.41. The van der Waals surface area contributed by atoms with Gasteiger partial charge in [-0.25, -0.2) is 4.98 Å². The molecule has 0 unspecified atom stereocenters. The minimum absolute atomic E-state index is 0.0612. The molecule has 2 aromatic rings. The number of hydrogen-bond donors (Lipinski definition) is 2. The molecule has 1 aromatic carbocycles. The largest absolute Gasteiger partial charge is 0.348 e. The lowest BCUT2D eigenvalue weighted by Gasteiger charge is -2.33. The molecule has 0 radical (unpaired) electrons. The van der Waals surface area contributed by atoms with E-state index >= 15 is 0 Å². The zero-order valence-electron chi connectivity index (χ0n) is 14.0. The lowest BCUT2D eigenvalue weighted by Crippen LogP contribution is -2.48. The molecule has 1 amide bonds. The van der Waals surface area contributed by atoms with Crippen molar-refractivity contribution in [1.82, 2.24) is 14.9 Å². The van der Waals surface area contributed by atoms with E-state index in [9.17, 15) is 4.79 Å². The maximum atomic E-state index is 12.5. The zero-order chi connectivity index (χ0) is 16.8. The Balaban J connectivity index is 1.42. The van der Waals surface area contributed by atoms with Crippen LogP contribution in [0.1, 0.15) is 30.5 Å². The second kappa shape index (κ2) is 8.11. The van der Waals surface area contributed by atoms with Crippen LogP contribution in [0.3, 0.4) is 0 Å². The van der Waals surface area contributed by atoms with Crippen molar-refractivity contribution in [2.24, 2.45) is 11.7 Å². The number of imidazole rings is 1. The molecule has 3 N–H and O–H groups in total. The van der Waals surface area contributed by atoms with Crippen LogP contribution in [0.4, 0.5) is 0 Å². The van der Waals surface area contributed by atoms with Gasteiger partial charge in [-0.15, -0.1) is 0 Å². The Kier molecular flexibility index (Phi) is 5.64. The number of hydrogen-bond acceptors (Lipinski definition) is 3. The highest BCUT2D eigenvalue weighted by atomic mass is 16.2. The molecule has 1 atom stereocenters. The van der Waals surface area contributed by atoms with E-state index in [1.807, 2.05) is 4.90 Å². The van der Waals surface area contributed by atoms with Gasteiger partial charge in [-0.05, 0) is 37.2 Å². The molecule has 128 valence electrons. The number of aryl methyl sites for hydroxylation is 1. The van der Waals surface area contributed by atoms with E-state index in [4.69, 9.17) is 5.73 Å². The molecule has 5 heteroatoms. The third-order valence-electron chi connectivity index (χ3n) is 4.92. The number of likely N-dealkylation sites (tertiary alicyclic amines) is 1. The highest BCUT2D eigenvalue weighted by molar-refractivity contribution is 5.82. The maximum Gasteiger partial charge on any atom is 0.239 e. The van der Waals surface area contributed by atoms with E-state index in [1.54, 1.807) is 12.5 Å². The maximum absolute atomic E-state index is 12.5. The Morgan fingerprint density at radius 1 is 1.29 bits per heavy atom. The number of aromatic nitrogens is 2. The Labute approximate surface area is 143 Å². The van der Waals surface area contributed by atoms with Gasteiger partial charge in [0, 0.05) is 31.4 Å². The molecule has 0 spiro atoms. The average molecular weight is 326 g/mol. The molecule has 0 saturated carbocycles. The standard InChI is InChI=1S/C19H26N4O/c20-18(12-17-13-21-14-22-17)19(24)23-10-8-16(9-11-23)7-6-15-4-2-1-3-5-15/h1-5,13-14,16,18H,6-12,20H2,(H,21,22)/t18-/m0/s1. The van der Waals surface area contributed by atoms with Crippen molar-refractivity contribution in [3.05, 3.63) is 54.1 Å². The summed E-state index contributed by atoms with van der Waals surface area (Å²) in [5.74, 6) is 0.768. The Morgan fingerprint density at radius 3 is 2.71 bits per heavy atom. The third-order valence-corrected chi connectivity index (χ3v) is 4.92. The fourth-order valence-corrected chi connectivity index (χ4v) is 3.41. The molecule has 1 saturated heterocycles. The number of piperidine rings is 1. The lowest BCUT2D eigenvalue weighted by atomic mass is 9.90. The van der Waals surface area contributed by atoms with Gasteiger partial charge in [0.25, 0.3) is 0 Å². The van der Waals surface area contributed by atoms with Crippen molar-refractivity contribution in [3.63, 3.8) is 0 Å². The third kappa shape index (κ3) is 4.45. The molecular weight excluding hydrogens is 300 g/mol. The molecule has 2 heterocycles. The molecule has 3 rings (SSSR count). The highest BCUT2D eigenvalue weighted by Gasteiger charge is 2.26. The molecule has 1 aliphatic rings. The number of aromatic amines is 1. The topological polar surface area (TPSA) is 75.0 Å². The minimum atomic E-state index is -0.480. The summed E-state index contributed by atoms with van der Waals surface area (Å²) in [4.78, 5) is 21.4. The van der Waals surface area contributed by atoms with Crippen molar-refractivity contribution in [1.29, 1.82) is 0 Å². The molecule has 1 aliphatic heterocycles. The smallest absolute Gasteiger partial charge is 0.239 e. The van der Waals surface area contributed by atoms with E-state index in [0.29, 0.717) is 12.3 Å². The van der Waals surface area contributed by atoms with Crippen LogP contribution in [0.5, 0.6) is 0 Å². The van der Waals surface area contributed by atoms with Crippen molar-refractivity contribution >= 4 is 5.91 Å². The van der Waals surface area contributed by atoms with E-state index in [-0.39, 0.29) is 5.91 Å². The summed E-state index contributed by atoms with van der Waals surface area (Å²) in [6.07, 6.45) is 8.34. The van der Waals surface area contributed by atoms with E-state index in [1.165, 1.54) is 12.0 Å². The number of benzene rings is 1. The van der Waals surface area contributed by atoms with Crippen LogP contribution in [-0.2, 0) is 17.6 Å². The summed E-state index contributed by atoms with van der Waals surface area (Å²) >= 11 is 0. The first kappa shape index (κ1) is 16.7. The summed E-state index contributed by atoms with van der Waals surface area (Å²) in [5.41, 5.74) is 8.38. The number of carbonyl (C=O) groups excluding carboxylic acids is 1. The Hall–Kier alpha value is -2.14. The van der Waals surface area contributed by atoms with Crippen molar-refractivity contribution in [2.45, 2.75) is 38.1 Å². The van der Waals surface area contributed by atoms with Gasteiger partial charge in [0.1, 0.15) is 0 Å². The van der Waals surface area contributed by atoms with Crippen molar-refractivity contribution in [2.75, 3.05) is 13.1 Å². The number of H-pyrrole nitrogens is 1. The Bertz CT molecular complexity index is 618. The minimum Gasteiger partial charge on any atom is -0.348 e. The molecule has 1 fully saturated rings. The van der Waals surface area contributed by atoms with Gasteiger partial charge in [-0.3, -0.25) is 4.79 Å². The van der Waals surface area contributed by atoms with Crippen LogP contribution in [0.15, 0.2) is 42.9 Å². The van der Waals surface area contributed by atoms with Crippen LogP contribution in [0.2, 0.25) is 0 Å². The van der Waals surface area contributed by atoms with Crippen LogP contribution < -0.4 is 5.73 Å². The first-order chi connectivity index (χ1) is 11.7. The van der Waals surface area contributed by atoms with Gasteiger partial charge in [-0.2, -0.15) is 0 Å². The van der Waals surface area contributed by atoms with Gasteiger partial charge in [0.05, 0.1) is 12.4 Å². The second-order valence-electron chi connectivity index (χ2n) is 6.68. The van der Waals surface area contributed by atoms with Gasteiger partial charge in [-0.1, -0.05) is 30.3 Å². The van der Waals surface area contributed by atoms with Crippen LogP contribution in [-0.4, -0.2) is 39.9 Å². The van der Waals surface area contributed by atoms with Crippen LogP contribution in [0.25, 0.3) is 0 Å². The van der Waals surface area contributed by atoms with Crippen molar-refractivity contribution < 1.29 is 4.79 Å². The summed E-state index contributed by atoms with van der Waals surface area (Å²) in [6, 6.07) is 10.1. The number of carbonyl (C=O) groups is 1. The van der Waals surface area contributed by atoms with E-state index in [0.717, 1.165) is 38.0 Å². The van der Waals surface area contributed by atoms with Gasteiger partial charge >= 0.3 is 0 Å². The number of nitrogens with one attached hydrogen (secondary N) is 1. The molecule has 0 aliphatic carbocycles. The van der Waals surface area contributed by atoms with Crippen LogP contribution in [0, 0.1) is 5.92 Å². The summed E-state index contributed by atoms with van der Waals surface area (Å²) in [7, 11) is 0.